The van der Waals surface area contributed by atoms with Crippen LogP contribution in [0.5, 0.6) is 0 Å². The second-order valence-corrected chi connectivity index (χ2v) is 4.30. The van der Waals surface area contributed by atoms with E-state index in [-0.39, 0.29) is 11.9 Å². The molecule has 1 saturated carbocycles. The number of fused-ring (bicyclic) bond motifs is 1. The maximum absolute atomic E-state index is 11.7. The summed E-state index contributed by atoms with van der Waals surface area (Å²) >= 11 is 0. The fourth-order valence-electron chi connectivity index (χ4n) is 2.90. The highest BCUT2D eigenvalue weighted by Crippen LogP contribution is 2.36. The lowest BCUT2D eigenvalue weighted by atomic mass is 9.82. The van der Waals surface area contributed by atoms with E-state index in [2.05, 4.69) is 5.32 Å². The molecule has 0 aromatic carbocycles. The van der Waals surface area contributed by atoms with Crippen molar-refractivity contribution < 1.29 is 9.53 Å². The van der Waals surface area contributed by atoms with Crippen LogP contribution in [0.4, 0.5) is 0 Å². The third kappa shape index (κ3) is 1.78. The summed E-state index contributed by atoms with van der Waals surface area (Å²) in [5.74, 6) is 0.748. The van der Waals surface area contributed by atoms with Gasteiger partial charge in [0.2, 0.25) is 0 Å². The highest BCUT2D eigenvalue weighted by Gasteiger charge is 2.40. The average molecular weight is 197 g/mol. The molecule has 14 heavy (non-hydrogen) atoms. The molecule has 3 atom stereocenters. The number of carbonyl (C=O) groups is 1. The van der Waals surface area contributed by atoms with Gasteiger partial charge in [-0.3, -0.25) is 4.79 Å². The fraction of sp³-hybridized carbons (Fsp3) is 0.909. The third-order valence-electron chi connectivity index (χ3n) is 3.54. The zero-order valence-corrected chi connectivity index (χ0v) is 8.79. The predicted molar refractivity (Wildman–Crippen MR) is 53.9 cm³/mol. The molecule has 0 radical (unpaired) electrons. The Kier molecular flexibility index (Phi) is 3.06. The molecule has 0 amide bonds. The minimum Gasteiger partial charge on any atom is -0.466 e. The Morgan fingerprint density at radius 1 is 1.43 bits per heavy atom. The van der Waals surface area contributed by atoms with Gasteiger partial charge in [-0.15, -0.1) is 0 Å². The van der Waals surface area contributed by atoms with Gasteiger partial charge in [0, 0.05) is 6.04 Å². The van der Waals surface area contributed by atoms with Gasteiger partial charge >= 0.3 is 5.97 Å². The highest BCUT2D eigenvalue weighted by molar-refractivity contribution is 5.73. The van der Waals surface area contributed by atoms with Crippen molar-refractivity contribution in [3.05, 3.63) is 0 Å². The molecule has 2 rings (SSSR count). The highest BCUT2D eigenvalue weighted by atomic mass is 16.5. The summed E-state index contributed by atoms with van der Waals surface area (Å²) in [5, 5.41) is 3.50. The van der Waals surface area contributed by atoms with Crippen molar-refractivity contribution in [2.75, 3.05) is 13.2 Å². The first-order valence-corrected chi connectivity index (χ1v) is 5.73. The van der Waals surface area contributed by atoms with Crippen LogP contribution in [-0.2, 0) is 9.53 Å². The van der Waals surface area contributed by atoms with Crippen LogP contribution < -0.4 is 5.32 Å². The van der Waals surface area contributed by atoms with E-state index in [9.17, 15) is 4.79 Å². The number of hydrogen-bond acceptors (Lipinski definition) is 3. The van der Waals surface area contributed by atoms with E-state index in [0.717, 1.165) is 13.0 Å². The molecule has 1 unspecified atom stereocenters. The zero-order chi connectivity index (χ0) is 9.97. The first-order chi connectivity index (χ1) is 6.83. The number of hydrogen-bond donors (Lipinski definition) is 1. The Hall–Kier alpha value is -0.570. The summed E-state index contributed by atoms with van der Waals surface area (Å²) in [5.41, 5.74) is 0. The molecule has 1 N–H and O–H groups in total. The minimum absolute atomic E-state index is 0.0332. The number of esters is 1. The summed E-state index contributed by atoms with van der Waals surface area (Å²) in [6, 6.07) is 0.582. The van der Waals surface area contributed by atoms with Crippen LogP contribution in [0.2, 0.25) is 0 Å². The van der Waals surface area contributed by atoms with Crippen LogP contribution in [0.1, 0.15) is 32.6 Å². The van der Waals surface area contributed by atoms with E-state index in [0.29, 0.717) is 18.6 Å². The van der Waals surface area contributed by atoms with Gasteiger partial charge in [-0.1, -0.05) is 6.42 Å². The summed E-state index contributed by atoms with van der Waals surface area (Å²) in [7, 11) is 0. The topological polar surface area (TPSA) is 38.3 Å². The fourth-order valence-corrected chi connectivity index (χ4v) is 2.90. The normalized spacial score (nSPS) is 36.5. The van der Waals surface area contributed by atoms with Crippen molar-refractivity contribution in [3.63, 3.8) is 0 Å². The lowest BCUT2D eigenvalue weighted by molar-refractivity contribution is -0.151. The molecule has 1 saturated heterocycles. The maximum Gasteiger partial charge on any atom is 0.309 e. The number of piperidine rings is 1. The van der Waals surface area contributed by atoms with Gasteiger partial charge in [-0.25, -0.2) is 0 Å². The summed E-state index contributed by atoms with van der Waals surface area (Å²) < 4.78 is 5.12. The monoisotopic (exact) mass is 197 g/mol. The van der Waals surface area contributed by atoms with Crippen LogP contribution in [0.15, 0.2) is 0 Å². The van der Waals surface area contributed by atoms with Crippen LogP contribution in [0.3, 0.4) is 0 Å². The summed E-state index contributed by atoms with van der Waals surface area (Å²) in [6.45, 7) is 3.37. The van der Waals surface area contributed by atoms with Crippen molar-refractivity contribution in [2.24, 2.45) is 11.8 Å². The van der Waals surface area contributed by atoms with Gasteiger partial charge in [-0.05, 0) is 38.6 Å². The van der Waals surface area contributed by atoms with Gasteiger partial charge in [-0.2, -0.15) is 0 Å². The Labute approximate surface area is 85.2 Å². The molecular weight excluding hydrogens is 178 g/mol. The molecule has 0 spiro atoms. The van der Waals surface area contributed by atoms with Gasteiger partial charge in [0.1, 0.15) is 0 Å². The minimum atomic E-state index is 0.0332. The number of carbonyl (C=O) groups excluding carboxylic acids is 1. The molecule has 1 aliphatic carbocycles. The molecule has 3 heteroatoms. The molecular formula is C11H19NO2. The third-order valence-corrected chi connectivity index (χ3v) is 3.54. The molecule has 1 aliphatic heterocycles. The Morgan fingerprint density at radius 3 is 3.07 bits per heavy atom. The molecule has 2 aliphatic rings. The molecule has 0 aromatic rings. The number of rotatable bonds is 2. The second-order valence-electron chi connectivity index (χ2n) is 4.30. The molecule has 2 fully saturated rings. The lowest BCUT2D eigenvalue weighted by Crippen LogP contribution is -2.45. The Morgan fingerprint density at radius 2 is 2.29 bits per heavy atom. The number of nitrogens with one attached hydrogen (secondary N) is 1. The van der Waals surface area contributed by atoms with Crippen LogP contribution in [0.25, 0.3) is 0 Å². The van der Waals surface area contributed by atoms with Crippen molar-refractivity contribution in [1.82, 2.24) is 5.32 Å². The van der Waals surface area contributed by atoms with Crippen molar-refractivity contribution in [2.45, 2.75) is 38.6 Å². The molecule has 0 aromatic heterocycles. The van der Waals surface area contributed by atoms with E-state index < -0.39 is 0 Å². The van der Waals surface area contributed by atoms with Crippen LogP contribution in [-0.4, -0.2) is 25.2 Å². The SMILES string of the molecule is CCOC(=O)C1CCN[C@@H]2CCC[C@H]12. The summed E-state index contributed by atoms with van der Waals surface area (Å²) in [4.78, 5) is 11.7. The zero-order valence-electron chi connectivity index (χ0n) is 8.79. The van der Waals surface area contributed by atoms with E-state index in [1.54, 1.807) is 0 Å². The van der Waals surface area contributed by atoms with Crippen molar-refractivity contribution in [3.8, 4) is 0 Å². The lowest BCUT2D eigenvalue weighted by Gasteiger charge is -2.33. The maximum atomic E-state index is 11.7. The summed E-state index contributed by atoms with van der Waals surface area (Å²) in [6.07, 6.45) is 4.65. The van der Waals surface area contributed by atoms with E-state index in [1.165, 1.54) is 19.3 Å². The molecule has 3 nitrogen and oxygen atoms in total. The van der Waals surface area contributed by atoms with Gasteiger partial charge in [0.25, 0.3) is 0 Å². The Balaban J connectivity index is 1.99. The largest absolute Gasteiger partial charge is 0.466 e. The van der Waals surface area contributed by atoms with Crippen molar-refractivity contribution in [1.29, 1.82) is 0 Å². The van der Waals surface area contributed by atoms with E-state index in [4.69, 9.17) is 4.74 Å². The Bertz CT molecular complexity index is 217. The van der Waals surface area contributed by atoms with Gasteiger partial charge in [0.05, 0.1) is 12.5 Å². The quantitative estimate of drug-likeness (QED) is 0.679. The smallest absolute Gasteiger partial charge is 0.309 e. The van der Waals surface area contributed by atoms with E-state index in [1.807, 2.05) is 6.92 Å². The first kappa shape index (κ1) is 9.97. The standard InChI is InChI=1S/C11H19NO2/c1-2-14-11(13)9-6-7-12-10-5-3-4-8(9)10/h8-10,12H,2-7H2,1H3/t8-,9?,10-/m1/s1. The van der Waals surface area contributed by atoms with Crippen molar-refractivity contribution >= 4 is 5.97 Å². The predicted octanol–water partition coefficient (Wildman–Crippen LogP) is 1.33. The van der Waals surface area contributed by atoms with Gasteiger partial charge in [0.15, 0.2) is 0 Å². The van der Waals surface area contributed by atoms with Crippen LogP contribution in [0, 0.1) is 11.8 Å². The van der Waals surface area contributed by atoms with Gasteiger partial charge < -0.3 is 10.1 Å². The second kappa shape index (κ2) is 4.30. The average Bonchev–Trinajstić information content (AvgIpc) is 2.65. The van der Waals surface area contributed by atoms with Crippen LogP contribution >= 0.6 is 0 Å². The van der Waals surface area contributed by atoms with E-state index >= 15 is 0 Å². The molecule has 0 bridgehead atoms. The molecule has 1 heterocycles. The number of ether oxygens (including phenoxy) is 1. The first-order valence-electron chi connectivity index (χ1n) is 5.73. The molecule has 80 valence electrons.